The highest BCUT2D eigenvalue weighted by molar-refractivity contribution is 5.80. The lowest BCUT2D eigenvalue weighted by molar-refractivity contribution is 0.312. The molecule has 1 aromatic heterocycles. The number of aromatic nitrogens is 1. The van der Waals surface area contributed by atoms with Crippen molar-refractivity contribution in [3.05, 3.63) is 54.2 Å². The maximum absolute atomic E-state index is 4.86. The van der Waals surface area contributed by atoms with Gasteiger partial charge < -0.3 is 25.3 Å². The van der Waals surface area contributed by atoms with Crippen molar-refractivity contribution in [2.75, 3.05) is 62.7 Å². The number of nitrogens with zero attached hydrogens (tertiary/aromatic N) is 5. The summed E-state index contributed by atoms with van der Waals surface area (Å²) in [5.74, 6) is 1.95. The summed E-state index contributed by atoms with van der Waals surface area (Å²) in [6.07, 6.45) is 3.02. The van der Waals surface area contributed by atoms with E-state index in [9.17, 15) is 0 Å². The van der Waals surface area contributed by atoms with Crippen LogP contribution < -0.4 is 20.4 Å². The van der Waals surface area contributed by atoms with Gasteiger partial charge >= 0.3 is 0 Å². The molecular formula is C24H35N7. The van der Waals surface area contributed by atoms with Gasteiger partial charge in [-0.05, 0) is 50.2 Å². The zero-order chi connectivity index (χ0) is 21.5. The minimum Gasteiger partial charge on any atom is -0.369 e. The van der Waals surface area contributed by atoms with E-state index in [1.54, 1.807) is 0 Å². The molecule has 3 heterocycles. The number of piperazine rings is 1. The zero-order valence-corrected chi connectivity index (χ0v) is 18.8. The Labute approximate surface area is 186 Å². The fraction of sp³-hybridized carbons (Fsp3) is 0.500. The van der Waals surface area contributed by atoms with Crippen LogP contribution in [-0.2, 0) is 6.54 Å². The molecule has 1 atom stereocenters. The first-order valence-corrected chi connectivity index (χ1v) is 11.4. The molecule has 0 saturated carbocycles. The lowest BCUT2D eigenvalue weighted by atomic mass is 10.2. The van der Waals surface area contributed by atoms with E-state index in [1.165, 1.54) is 11.3 Å². The molecule has 2 aliphatic rings. The maximum atomic E-state index is 4.86. The van der Waals surface area contributed by atoms with E-state index in [0.29, 0.717) is 12.6 Å². The van der Waals surface area contributed by atoms with E-state index >= 15 is 0 Å². The summed E-state index contributed by atoms with van der Waals surface area (Å²) in [6, 6.07) is 15.3. The minimum absolute atomic E-state index is 0.399. The largest absolute Gasteiger partial charge is 0.369 e. The molecule has 2 fully saturated rings. The molecule has 0 aliphatic carbocycles. The van der Waals surface area contributed by atoms with E-state index < -0.39 is 0 Å². The Morgan fingerprint density at radius 3 is 2.65 bits per heavy atom. The summed E-state index contributed by atoms with van der Waals surface area (Å²) in [4.78, 5) is 16.6. The highest BCUT2D eigenvalue weighted by Gasteiger charge is 2.23. The first kappa shape index (κ1) is 21.4. The molecule has 1 aromatic carbocycles. The van der Waals surface area contributed by atoms with Gasteiger partial charge in [-0.25, -0.2) is 9.98 Å². The Balaban J connectivity index is 1.35. The Morgan fingerprint density at radius 1 is 1.06 bits per heavy atom. The number of likely N-dealkylation sites (N-methyl/N-ethyl adjacent to an activating group) is 1. The second-order valence-electron chi connectivity index (χ2n) is 8.42. The second kappa shape index (κ2) is 10.5. The highest BCUT2D eigenvalue weighted by atomic mass is 15.3. The summed E-state index contributed by atoms with van der Waals surface area (Å²) in [6.45, 7) is 9.90. The van der Waals surface area contributed by atoms with Gasteiger partial charge in [-0.15, -0.1) is 0 Å². The van der Waals surface area contributed by atoms with Crippen molar-refractivity contribution in [1.82, 2.24) is 20.5 Å². The lowest BCUT2D eigenvalue weighted by Gasteiger charge is -2.33. The molecule has 0 spiro atoms. The highest BCUT2D eigenvalue weighted by Crippen LogP contribution is 2.20. The van der Waals surface area contributed by atoms with Gasteiger partial charge in [0.15, 0.2) is 5.96 Å². The molecule has 166 valence electrons. The smallest absolute Gasteiger partial charge is 0.191 e. The molecule has 2 aliphatic heterocycles. The SMILES string of the molecule is CCNC(=NCc1ccnc(N2CCN(C)CC2)c1)NC1CCN(c2ccccc2)C1. The standard InChI is InChI=1S/C24H35N7/c1-3-25-24(28-21-10-12-31(19-21)22-7-5-4-6-8-22)27-18-20-9-11-26-23(17-20)30-15-13-29(2)14-16-30/h4-9,11,17,21H,3,10,12-16,18-19H2,1-2H3,(H2,25,27,28). The number of anilines is 2. The van der Waals surface area contributed by atoms with Crippen LogP contribution in [0.5, 0.6) is 0 Å². The maximum Gasteiger partial charge on any atom is 0.191 e. The van der Waals surface area contributed by atoms with Crippen molar-refractivity contribution in [3.63, 3.8) is 0 Å². The number of pyridine rings is 1. The molecule has 0 bridgehead atoms. The van der Waals surface area contributed by atoms with Crippen molar-refractivity contribution < 1.29 is 0 Å². The third-order valence-corrected chi connectivity index (χ3v) is 6.05. The van der Waals surface area contributed by atoms with Crippen LogP contribution in [0.4, 0.5) is 11.5 Å². The van der Waals surface area contributed by atoms with Crippen LogP contribution in [0.2, 0.25) is 0 Å². The van der Waals surface area contributed by atoms with Crippen LogP contribution in [0.25, 0.3) is 0 Å². The summed E-state index contributed by atoms with van der Waals surface area (Å²) in [5.41, 5.74) is 2.49. The lowest BCUT2D eigenvalue weighted by Crippen LogP contribution is -2.45. The van der Waals surface area contributed by atoms with Gasteiger partial charge in [-0.1, -0.05) is 18.2 Å². The van der Waals surface area contributed by atoms with Gasteiger partial charge in [0, 0.05) is 63.7 Å². The van der Waals surface area contributed by atoms with Gasteiger partial charge in [0.1, 0.15) is 5.82 Å². The van der Waals surface area contributed by atoms with Crippen LogP contribution in [-0.4, -0.2) is 74.7 Å². The Morgan fingerprint density at radius 2 is 1.87 bits per heavy atom. The quantitative estimate of drug-likeness (QED) is 0.551. The summed E-state index contributed by atoms with van der Waals surface area (Å²) in [5, 5.41) is 7.04. The first-order chi connectivity index (χ1) is 15.2. The zero-order valence-electron chi connectivity index (χ0n) is 18.8. The van der Waals surface area contributed by atoms with E-state index in [2.05, 4.69) is 86.8 Å². The fourth-order valence-electron chi connectivity index (χ4n) is 4.20. The molecule has 4 rings (SSSR count). The monoisotopic (exact) mass is 421 g/mol. The first-order valence-electron chi connectivity index (χ1n) is 11.4. The molecule has 31 heavy (non-hydrogen) atoms. The number of rotatable bonds is 6. The second-order valence-corrected chi connectivity index (χ2v) is 8.42. The summed E-state index contributed by atoms with van der Waals surface area (Å²) in [7, 11) is 2.18. The molecule has 2 saturated heterocycles. The van der Waals surface area contributed by atoms with Gasteiger partial charge in [0.05, 0.1) is 6.54 Å². The van der Waals surface area contributed by atoms with Crippen molar-refractivity contribution in [2.24, 2.45) is 4.99 Å². The van der Waals surface area contributed by atoms with Crippen LogP contribution in [0.1, 0.15) is 18.9 Å². The van der Waals surface area contributed by atoms with Crippen molar-refractivity contribution in [1.29, 1.82) is 0 Å². The van der Waals surface area contributed by atoms with E-state index in [1.807, 2.05) is 6.20 Å². The Hall–Kier alpha value is -2.80. The Kier molecular flexibility index (Phi) is 7.25. The third-order valence-electron chi connectivity index (χ3n) is 6.05. The normalized spacial score (nSPS) is 20.2. The fourth-order valence-corrected chi connectivity index (χ4v) is 4.20. The third kappa shape index (κ3) is 5.88. The molecular weight excluding hydrogens is 386 g/mol. The van der Waals surface area contributed by atoms with E-state index in [0.717, 1.165) is 64.0 Å². The topological polar surface area (TPSA) is 59.0 Å². The van der Waals surface area contributed by atoms with Crippen LogP contribution >= 0.6 is 0 Å². The van der Waals surface area contributed by atoms with Gasteiger partial charge in [0.2, 0.25) is 0 Å². The number of aliphatic imine (C=N–C) groups is 1. The van der Waals surface area contributed by atoms with E-state index in [-0.39, 0.29) is 0 Å². The number of benzene rings is 1. The predicted molar refractivity (Wildman–Crippen MR) is 129 cm³/mol. The van der Waals surface area contributed by atoms with Gasteiger partial charge in [-0.3, -0.25) is 0 Å². The molecule has 0 amide bonds. The summed E-state index contributed by atoms with van der Waals surface area (Å²) >= 11 is 0. The average Bonchev–Trinajstić information content (AvgIpc) is 3.27. The van der Waals surface area contributed by atoms with Crippen LogP contribution in [0.15, 0.2) is 53.7 Å². The molecule has 0 radical (unpaired) electrons. The minimum atomic E-state index is 0.399. The number of para-hydroxylation sites is 1. The average molecular weight is 422 g/mol. The van der Waals surface area contributed by atoms with Gasteiger partial charge in [0.25, 0.3) is 0 Å². The Bertz CT molecular complexity index is 846. The summed E-state index contributed by atoms with van der Waals surface area (Å²) < 4.78 is 0. The number of guanidine groups is 1. The predicted octanol–water partition coefficient (Wildman–Crippen LogP) is 2.17. The van der Waals surface area contributed by atoms with Gasteiger partial charge in [-0.2, -0.15) is 0 Å². The van der Waals surface area contributed by atoms with Crippen molar-refractivity contribution >= 4 is 17.5 Å². The van der Waals surface area contributed by atoms with E-state index in [4.69, 9.17) is 4.99 Å². The number of nitrogens with one attached hydrogen (secondary N) is 2. The molecule has 2 N–H and O–H groups in total. The number of hydrogen-bond donors (Lipinski definition) is 2. The molecule has 1 unspecified atom stereocenters. The van der Waals surface area contributed by atoms with Crippen molar-refractivity contribution in [2.45, 2.75) is 25.9 Å². The number of hydrogen-bond acceptors (Lipinski definition) is 5. The molecule has 7 heteroatoms. The molecule has 2 aromatic rings. The molecule has 7 nitrogen and oxygen atoms in total. The van der Waals surface area contributed by atoms with Crippen molar-refractivity contribution in [3.8, 4) is 0 Å². The van der Waals surface area contributed by atoms with Crippen LogP contribution in [0.3, 0.4) is 0 Å². The van der Waals surface area contributed by atoms with Crippen LogP contribution in [0, 0.1) is 0 Å².